The molecule has 0 bridgehead atoms. The average molecular weight is 429 g/mol. The van der Waals surface area contributed by atoms with E-state index in [2.05, 4.69) is 15.9 Å². The van der Waals surface area contributed by atoms with E-state index in [4.69, 9.17) is 51.1 Å². The monoisotopic (exact) mass is 426 g/mol. The van der Waals surface area contributed by atoms with Crippen LogP contribution in [0, 0.1) is 0 Å². The van der Waals surface area contributed by atoms with E-state index in [1.165, 1.54) is 12.1 Å². The summed E-state index contributed by atoms with van der Waals surface area (Å²) in [5, 5.41) is 1.51. The van der Waals surface area contributed by atoms with Crippen molar-refractivity contribution in [1.29, 1.82) is 0 Å². The molecule has 0 saturated heterocycles. The van der Waals surface area contributed by atoms with E-state index in [0.717, 1.165) is 0 Å². The van der Waals surface area contributed by atoms with Crippen molar-refractivity contribution in [2.75, 3.05) is 6.61 Å². The Hall–Kier alpha value is -0.450. The Balaban J connectivity index is 2.15. The van der Waals surface area contributed by atoms with Crippen LogP contribution in [0.4, 0.5) is 0 Å². The van der Waals surface area contributed by atoms with Gasteiger partial charge in [-0.3, -0.25) is 4.79 Å². The number of halogens is 5. The molecule has 0 spiro atoms. The van der Waals surface area contributed by atoms with Crippen LogP contribution in [0.25, 0.3) is 0 Å². The molecule has 2 aromatic rings. The molecule has 0 radical (unpaired) electrons. The molecule has 21 heavy (non-hydrogen) atoms. The van der Waals surface area contributed by atoms with Crippen molar-refractivity contribution < 1.29 is 9.53 Å². The van der Waals surface area contributed by atoms with Gasteiger partial charge in [0.25, 0.3) is 0 Å². The molecule has 0 aliphatic heterocycles. The normalized spacial score (nSPS) is 10.5. The highest BCUT2D eigenvalue weighted by molar-refractivity contribution is 9.10. The number of hydrogen-bond acceptors (Lipinski definition) is 2. The van der Waals surface area contributed by atoms with Gasteiger partial charge in [-0.2, -0.15) is 0 Å². The summed E-state index contributed by atoms with van der Waals surface area (Å²) in [5.74, 6) is 0.00831. The predicted octanol–water partition coefficient (Wildman–Crippen LogP) is 6.32. The van der Waals surface area contributed by atoms with Crippen molar-refractivity contribution >= 4 is 68.1 Å². The first kappa shape index (κ1) is 16.9. The third-order valence-electron chi connectivity index (χ3n) is 2.56. The van der Waals surface area contributed by atoms with Crippen LogP contribution in [0.15, 0.2) is 34.8 Å². The smallest absolute Gasteiger partial charge is 0.201 e. The van der Waals surface area contributed by atoms with Gasteiger partial charge in [-0.25, -0.2) is 0 Å². The Morgan fingerprint density at radius 3 is 2.43 bits per heavy atom. The highest BCUT2D eigenvalue weighted by atomic mass is 79.9. The SMILES string of the molecule is O=C(COc1cc(Cl)c(Br)cc1Cl)c1cc(Cl)ccc1Cl. The molecule has 0 fully saturated rings. The summed E-state index contributed by atoms with van der Waals surface area (Å²) in [6, 6.07) is 7.77. The number of rotatable bonds is 4. The number of hydrogen-bond donors (Lipinski definition) is 0. The van der Waals surface area contributed by atoms with Crippen molar-refractivity contribution in [2.45, 2.75) is 0 Å². The fourth-order valence-corrected chi connectivity index (χ4v) is 2.79. The number of ether oxygens (including phenoxy) is 1. The Morgan fingerprint density at radius 1 is 1.00 bits per heavy atom. The highest BCUT2D eigenvalue weighted by Crippen LogP contribution is 2.34. The molecule has 2 nitrogen and oxygen atoms in total. The van der Waals surface area contributed by atoms with E-state index in [1.807, 2.05) is 0 Å². The van der Waals surface area contributed by atoms with Crippen LogP contribution in [0.3, 0.4) is 0 Å². The Kier molecular flexibility index (Phi) is 5.81. The molecule has 0 heterocycles. The lowest BCUT2D eigenvalue weighted by molar-refractivity contribution is 0.0922. The number of ketones is 1. The lowest BCUT2D eigenvalue weighted by Gasteiger charge is -2.09. The Labute approximate surface area is 150 Å². The van der Waals surface area contributed by atoms with Gasteiger partial charge in [0.2, 0.25) is 5.78 Å². The van der Waals surface area contributed by atoms with E-state index in [0.29, 0.717) is 35.9 Å². The number of benzene rings is 2. The van der Waals surface area contributed by atoms with Crippen LogP contribution in [0.5, 0.6) is 5.75 Å². The van der Waals surface area contributed by atoms with Crippen molar-refractivity contribution in [3.63, 3.8) is 0 Å². The summed E-state index contributed by atoms with van der Waals surface area (Å²) in [4.78, 5) is 12.1. The molecule has 2 rings (SSSR count). The summed E-state index contributed by atoms with van der Waals surface area (Å²) in [7, 11) is 0. The molecule has 110 valence electrons. The van der Waals surface area contributed by atoms with Gasteiger partial charge in [0.05, 0.1) is 15.1 Å². The van der Waals surface area contributed by atoms with Crippen LogP contribution in [0.2, 0.25) is 20.1 Å². The van der Waals surface area contributed by atoms with E-state index in [-0.39, 0.29) is 12.4 Å². The molecule has 0 unspecified atom stereocenters. The zero-order valence-electron chi connectivity index (χ0n) is 10.3. The van der Waals surface area contributed by atoms with Gasteiger partial charge in [0.15, 0.2) is 6.61 Å². The summed E-state index contributed by atoms with van der Waals surface area (Å²) < 4.78 is 6.04. The lowest BCUT2D eigenvalue weighted by Crippen LogP contribution is -2.12. The van der Waals surface area contributed by atoms with Gasteiger partial charge in [-0.15, -0.1) is 0 Å². The van der Waals surface area contributed by atoms with E-state index in [9.17, 15) is 4.79 Å². The van der Waals surface area contributed by atoms with E-state index in [1.54, 1.807) is 18.2 Å². The Bertz CT molecular complexity index is 704. The number of carbonyl (C=O) groups is 1. The molecule has 0 aliphatic rings. The van der Waals surface area contributed by atoms with Crippen LogP contribution in [-0.2, 0) is 0 Å². The quantitative estimate of drug-likeness (QED) is 0.420. The first-order chi connectivity index (χ1) is 9.88. The highest BCUT2D eigenvalue weighted by Gasteiger charge is 2.14. The maximum atomic E-state index is 12.1. The summed E-state index contributed by atoms with van der Waals surface area (Å²) in [6.45, 7) is -0.224. The van der Waals surface area contributed by atoms with Gasteiger partial charge in [-0.05, 0) is 40.2 Å². The zero-order chi connectivity index (χ0) is 15.6. The summed E-state index contributed by atoms with van der Waals surface area (Å²) >= 11 is 27.0. The largest absolute Gasteiger partial charge is 0.484 e. The molecule has 0 atom stereocenters. The van der Waals surface area contributed by atoms with Gasteiger partial charge < -0.3 is 4.74 Å². The molecule has 7 heteroatoms. The fourth-order valence-electron chi connectivity index (χ4n) is 1.55. The van der Waals surface area contributed by atoms with Crippen LogP contribution < -0.4 is 4.74 Å². The second-order valence-corrected chi connectivity index (χ2v) is 6.55. The molecular weight excluding hydrogens is 422 g/mol. The third-order valence-corrected chi connectivity index (χ3v) is 4.62. The predicted molar refractivity (Wildman–Crippen MR) is 90.4 cm³/mol. The maximum Gasteiger partial charge on any atom is 0.201 e. The van der Waals surface area contributed by atoms with Crippen molar-refractivity contribution in [1.82, 2.24) is 0 Å². The lowest BCUT2D eigenvalue weighted by atomic mass is 10.1. The van der Waals surface area contributed by atoms with Crippen LogP contribution in [0.1, 0.15) is 10.4 Å². The van der Waals surface area contributed by atoms with Crippen molar-refractivity contribution in [3.8, 4) is 5.75 Å². The summed E-state index contributed by atoms with van der Waals surface area (Å²) in [5.41, 5.74) is 0.295. The minimum absolute atomic E-state index is 0.224. The molecule has 0 amide bonds. The van der Waals surface area contributed by atoms with Gasteiger partial charge in [0, 0.05) is 21.1 Å². The van der Waals surface area contributed by atoms with Crippen LogP contribution >= 0.6 is 62.3 Å². The second-order valence-electron chi connectivity index (χ2n) is 4.03. The number of carbonyl (C=O) groups excluding carboxylic acids is 1. The molecule has 0 saturated carbocycles. The summed E-state index contributed by atoms with van der Waals surface area (Å²) in [6.07, 6.45) is 0. The van der Waals surface area contributed by atoms with Crippen molar-refractivity contribution in [2.24, 2.45) is 0 Å². The first-order valence-electron chi connectivity index (χ1n) is 5.64. The van der Waals surface area contributed by atoms with E-state index < -0.39 is 0 Å². The molecule has 0 aromatic heterocycles. The fraction of sp³-hybridized carbons (Fsp3) is 0.0714. The maximum absolute atomic E-state index is 12.1. The average Bonchev–Trinajstić information content (AvgIpc) is 2.43. The first-order valence-corrected chi connectivity index (χ1v) is 7.94. The van der Waals surface area contributed by atoms with Crippen LogP contribution in [-0.4, -0.2) is 12.4 Å². The molecular formula is C14H7BrCl4O2. The minimum Gasteiger partial charge on any atom is -0.484 e. The Morgan fingerprint density at radius 2 is 1.71 bits per heavy atom. The third kappa shape index (κ3) is 4.27. The second kappa shape index (κ2) is 7.21. The van der Waals surface area contributed by atoms with Gasteiger partial charge >= 0.3 is 0 Å². The van der Waals surface area contributed by atoms with Gasteiger partial charge in [-0.1, -0.05) is 46.4 Å². The standard InChI is InChI=1S/C14H7BrCl4O2/c15-9-4-12(19)14(5-11(9)18)21-6-13(20)8-3-7(16)1-2-10(8)17/h1-5H,6H2. The minimum atomic E-state index is -0.308. The topological polar surface area (TPSA) is 26.3 Å². The van der Waals surface area contributed by atoms with Gasteiger partial charge in [0.1, 0.15) is 5.75 Å². The molecule has 2 aromatic carbocycles. The van der Waals surface area contributed by atoms with Crippen molar-refractivity contribution in [3.05, 3.63) is 60.5 Å². The molecule has 0 N–H and O–H groups in total. The van der Waals surface area contributed by atoms with E-state index >= 15 is 0 Å². The zero-order valence-corrected chi connectivity index (χ0v) is 14.9. The number of Topliss-reactive ketones (excluding diaryl/α,β-unsaturated/α-hetero) is 1. The molecule has 0 aliphatic carbocycles.